The minimum atomic E-state index is -3.90. The first-order valence-electron chi connectivity index (χ1n) is 8.41. The third-order valence-electron chi connectivity index (χ3n) is 3.85. The number of thiophene rings is 1. The Balaban J connectivity index is 2.20. The van der Waals surface area contributed by atoms with Crippen molar-refractivity contribution in [1.82, 2.24) is 5.32 Å². The van der Waals surface area contributed by atoms with Crippen LogP contribution in [0.2, 0.25) is 5.02 Å². The van der Waals surface area contributed by atoms with E-state index >= 15 is 0 Å². The monoisotopic (exact) mass is 458 g/mol. The molecule has 0 fully saturated rings. The van der Waals surface area contributed by atoms with Crippen LogP contribution in [0.15, 0.2) is 29.2 Å². The summed E-state index contributed by atoms with van der Waals surface area (Å²) < 4.78 is 29.5. The average molecular weight is 459 g/mol. The van der Waals surface area contributed by atoms with Gasteiger partial charge in [0, 0.05) is 9.90 Å². The Kier molecular flexibility index (Phi) is 7.39. The van der Waals surface area contributed by atoms with Gasteiger partial charge < -0.3 is 10.1 Å². The molecule has 8 nitrogen and oxygen atoms in total. The molecule has 0 aliphatic heterocycles. The van der Waals surface area contributed by atoms with Gasteiger partial charge in [0.05, 0.1) is 17.1 Å². The second kappa shape index (κ2) is 9.38. The lowest BCUT2D eigenvalue weighted by atomic mass is 10.1. The van der Waals surface area contributed by atoms with Crippen LogP contribution in [0.1, 0.15) is 27.7 Å². The second-order valence-electron chi connectivity index (χ2n) is 5.92. The van der Waals surface area contributed by atoms with E-state index in [0.717, 1.165) is 16.2 Å². The highest BCUT2D eigenvalue weighted by Crippen LogP contribution is 2.32. The van der Waals surface area contributed by atoms with Gasteiger partial charge in [-0.25, -0.2) is 13.2 Å². The summed E-state index contributed by atoms with van der Waals surface area (Å²) in [5.41, 5.74) is 0.644. The van der Waals surface area contributed by atoms with Gasteiger partial charge in [0.15, 0.2) is 9.84 Å². The van der Waals surface area contributed by atoms with Crippen LogP contribution >= 0.6 is 22.9 Å². The van der Waals surface area contributed by atoms with Crippen molar-refractivity contribution in [3.8, 4) is 0 Å². The van der Waals surface area contributed by atoms with E-state index in [0.29, 0.717) is 10.6 Å². The number of carbonyl (C=O) groups is 3. The van der Waals surface area contributed by atoms with E-state index in [1.54, 1.807) is 20.8 Å². The average Bonchev–Trinajstić information content (AvgIpc) is 2.88. The molecule has 1 aromatic carbocycles. The maximum atomic E-state index is 12.4. The van der Waals surface area contributed by atoms with Gasteiger partial charge in [-0.2, -0.15) is 0 Å². The van der Waals surface area contributed by atoms with E-state index in [1.807, 2.05) is 0 Å². The van der Waals surface area contributed by atoms with E-state index in [-0.39, 0.29) is 22.1 Å². The molecule has 156 valence electrons. The molecule has 0 aliphatic rings. The SMILES string of the molecule is CCOC(=O)NC(=O)c1c(NC(=O)CS(=O)(=O)c2ccc(Cl)cc2)sc(C)c1C. The van der Waals surface area contributed by atoms with Crippen molar-refractivity contribution in [1.29, 1.82) is 0 Å². The minimum Gasteiger partial charge on any atom is -0.450 e. The highest BCUT2D eigenvalue weighted by atomic mass is 35.5. The number of sulfone groups is 1. The number of ether oxygens (including phenoxy) is 1. The number of benzene rings is 1. The fourth-order valence-corrected chi connectivity index (χ4v) is 4.71. The van der Waals surface area contributed by atoms with Gasteiger partial charge in [-0.3, -0.25) is 14.9 Å². The maximum Gasteiger partial charge on any atom is 0.414 e. The smallest absolute Gasteiger partial charge is 0.414 e. The third kappa shape index (κ3) is 5.78. The molecule has 2 rings (SSSR count). The summed E-state index contributed by atoms with van der Waals surface area (Å²) in [5, 5.41) is 5.05. The van der Waals surface area contributed by atoms with Crippen molar-refractivity contribution in [3.63, 3.8) is 0 Å². The lowest BCUT2D eigenvalue weighted by molar-refractivity contribution is -0.113. The van der Waals surface area contributed by atoms with E-state index in [2.05, 4.69) is 15.4 Å². The van der Waals surface area contributed by atoms with Crippen molar-refractivity contribution >= 4 is 55.7 Å². The molecule has 0 saturated carbocycles. The molecule has 0 radical (unpaired) electrons. The number of carbonyl (C=O) groups excluding carboxylic acids is 3. The van der Waals surface area contributed by atoms with Crippen LogP contribution in [0.4, 0.5) is 9.80 Å². The predicted octanol–water partition coefficient (Wildman–Crippen LogP) is 3.32. The number of rotatable bonds is 6. The Morgan fingerprint density at radius 2 is 1.76 bits per heavy atom. The zero-order valence-corrected chi connectivity index (χ0v) is 18.3. The first-order chi connectivity index (χ1) is 13.5. The molecule has 0 saturated heterocycles. The Hall–Kier alpha value is -2.43. The molecule has 1 heterocycles. The molecule has 0 unspecified atom stereocenters. The molecule has 0 aliphatic carbocycles. The van der Waals surface area contributed by atoms with E-state index in [9.17, 15) is 22.8 Å². The number of hydrogen-bond acceptors (Lipinski definition) is 7. The maximum absolute atomic E-state index is 12.4. The van der Waals surface area contributed by atoms with Crippen molar-refractivity contribution in [2.45, 2.75) is 25.7 Å². The standard InChI is InChI=1S/C18H19ClN2O6S2/c1-4-27-18(24)21-16(23)15-10(2)11(3)28-17(15)20-14(22)9-29(25,26)13-7-5-12(19)6-8-13/h5-8H,4,9H2,1-3H3,(H,20,22)(H,21,23,24). The van der Waals surface area contributed by atoms with Crippen LogP contribution in [0.5, 0.6) is 0 Å². The Labute approximate surface area is 177 Å². The van der Waals surface area contributed by atoms with E-state index in [4.69, 9.17) is 11.6 Å². The lowest BCUT2D eigenvalue weighted by Crippen LogP contribution is -2.32. The largest absolute Gasteiger partial charge is 0.450 e. The van der Waals surface area contributed by atoms with Crippen LogP contribution < -0.4 is 10.6 Å². The van der Waals surface area contributed by atoms with Crippen LogP contribution in [-0.2, 0) is 19.4 Å². The highest BCUT2D eigenvalue weighted by molar-refractivity contribution is 7.92. The van der Waals surface area contributed by atoms with Crippen LogP contribution in [0, 0.1) is 13.8 Å². The van der Waals surface area contributed by atoms with Crippen molar-refractivity contribution < 1.29 is 27.5 Å². The topological polar surface area (TPSA) is 119 Å². The van der Waals surface area contributed by atoms with Crippen molar-refractivity contribution in [2.75, 3.05) is 17.7 Å². The summed E-state index contributed by atoms with van der Waals surface area (Å²) >= 11 is 6.86. The zero-order valence-electron chi connectivity index (χ0n) is 15.9. The molecule has 2 N–H and O–H groups in total. The fraction of sp³-hybridized carbons (Fsp3) is 0.278. The minimum absolute atomic E-state index is 0.0455. The van der Waals surface area contributed by atoms with Gasteiger partial charge in [0.2, 0.25) is 5.91 Å². The summed E-state index contributed by atoms with van der Waals surface area (Å²) in [6.07, 6.45) is -0.914. The van der Waals surface area contributed by atoms with Crippen LogP contribution in [0.3, 0.4) is 0 Å². The number of nitrogens with one attached hydrogen (secondary N) is 2. The van der Waals surface area contributed by atoms with Crippen LogP contribution in [0.25, 0.3) is 0 Å². The zero-order chi connectivity index (χ0) is 21.8. The quantitative estimate of drug-likeness (QED) is 0.685. The number of aryl methyl sites for hydroxylation is 1. The summed E-state index contributed by atoms with van der Waals surface area (Å²) in [4.78, 5) is 37.0. The molecule has 0 atom stereocenters. The number of hydrogen-bond donors (Lipinski definition) is 2. The number of anilines is 1. The van der Waals surface area contributed by atoms with Gasteiger partial charge in [-0.15, -0.1) is 11.3 Å². The van der Waals surface area contributed by atoms with Gasteiger partial charge in [0.25, 0.3) is 5.91 Å². The third-order valence-corrected chi connectivity index (χ3v) is 6.86. The fourth-order valence-electron chi connectivity index (χ4n) is 2.37. The first kappa shape index (κ1) is 22.9. The van der Waals surface area contributed by atoms with Crippen molar-refractivity contribution in [3.05, 3.63) is 45.3 Å². The first-order valence-corrected chi connectivity index (χ1v) is 11.3. The molecular formula is C18H19ClN2O6S2. The molecule has 29 heavy (non-hydrogen) atoms. The van der Waals surface area contributed by atoms with E-state index < -0.39 is 33.5 Å². The number of amides is 3. The number of alkyl carbamates (subject to hydrolysis) is 1. The summed E-state index contributed by atoms with van der Waals surface area (Å²) in [7, 11) is -3.90. The van der Waals surface area contributed by atoms with Crippen LogP contribution in [-0.4, -0.2) is 38.7 Å². The predicted molar refractivity (Wildman–Crippen MR) is 110 cm³/mol. The van der Waals surface area contributed by atoms with Crippen molar-refractivity contribution in [2.24, 2.45) is 0 Å². The summed E-state index contributed by atoms with van der Waals surface area (Å²) in [6.45, 7) is 5.08. The van der Waals surface area contributed by atoms with E-state index in [1.165, 1.54) is 24.3 Å². The van der Waals surface area contributed by atoms with Gasteiger partial charge >= 0.3 is 6.09 Å². The molecule has 2 aromatic rings. The van der Waals surface area contributed by atoms with Gasteiger partial charge in [-0.05, 0) is 50.6 Å². The summed E-state index contributed by atoms with van der Waals surface area (Å²) in [5.74, 6) is -2.38. The Morgan fingerprint density at radius 3 is 2.34 bits per heavy atom. The summed E-state index contributed by atoms with van der Waals surface area (Å²) in [6, 6.07) is 5.44. The lowest BCUT2D eigenvalue weighted by Gasteiger charge is -2.09. The molecule has 3 amide bonds. The molecular weight excluding hydrogens is 440 g/mol. The number of imide groups is 1. The molecule has 0 spiro atoms. The Bertz CT molecular complexity index is 1050. The molecule has 11 heteroatoms. The molecule has 1 aromatic heterocycles. The normalized spacial score (nSPS) is 11.0. The second-order valence-corrected chi connectivity index (χ2v) is 9.57. The number of halogens is 1. The van der Waals surface area contributed by atoms with Gasteiger partial charge in [-0.1, -0.05) is 11.6 Å². The highest BCUT2D eigenvalue weighted by Gasteiger charge is 2.25. The molecule has 0 bridgehead atoms. The Morgan fingerprint density at radius 1 is 1.14 bits per heavy atom. The van der Waals surface area contributed by atoms with Gasteiger partial charge in [0.1, 0.15) is 10.8 Å².